The van der Waals surface area contributed by atoms with E-state index in [9.17, 15) is 23.6 Å². The van der Waals surface area contributed by atoms with Crippen LogP contribution in [0, 0.1) is 5.82 Å². The van der Waals surface area contributed by atoms with Crippen molar-refractivity contribution in [2.45, 2.75) is 218 Å². The Bertz CT molecular complexity index is 5860. The first kappa shape index (κ1) is 91.0. The molecule has 0 radical (unpaired) electrons. The molecule has 21 nitrogen and oxygen atoms in total. The number of para-hydroxylation sites is 1. The van der Waals surface area contributed by atoms with Crippen molar-refractivity contribution in [3.63, 3.8) is 0 Å². The number of pyridine rings is 3. The number of nitrogens with one attached hydrogen (secondary N) is 9. The Morgan fingerprint density at radius 3 is 1.07 bits per heavy atom. The second kappa shape index (κ2) is 42.5. The molecule has 0 bridgehead atoms. The van der Waals surface area contributed by atoms with Crippen LogP contribution >= 0.6 is 34.8 Å². The van der Waals surface area contributed by atoms with Crippen LogP contribution in [0.2, 0.25) is 15.1 Å². The van der Waals surface area contributed by atoms with Gasteiger partial charge in [-0.1, -0.05) is 80.7 Å². The van der Waals surface area contributed by atoms with Gasteiger partial charge >= 0.3 is 0 Å². The highest BCUT2D eigenvalue weighted by molar-refractivity contribution is 6.32. The van der Waals surface area contributed by atoms with E-state index in [1.165, 1.54) is 172 Å². The Balaban J connectivity index is 0.000000121. The Hall–Kier alpha value is -10.9. The molecule has 5 aromatic carbocycles. The maximum Gasteiger partial charge on any atom is 0.268 e. The van der Waals surface area contributed by atoms with E-state index in [4.69, 9.17) is 49.8 Å². The van der Waals surface area contributed by atoms with Gasteiger partial charge in [0.05, 0.1) is 60.1 Å². The normalized spacial score (nSPS) is 16.8. The fourth-order valence-electron chi connectivity index (χ4n) is 20.1. The summed E-state index contributed by atoms with van der Waals surface area (Å²) >= 11 is 18.5. The van der Waals surface area contributed by atoms with Crippen LogP contribution in [0.4, 0.5) is 27.1 Å². The molecule has 7 aromatic heterocycles. The molecule has 130 heavy (non-hydrogen) atoms. The average Bonchev–Trinajstić information content (AvgIpc) is 1.63. The lowest BCUT2D eigenvalue weighted by Gasteiger charge is -2.30. The summed E-state index contributed by atoms with van der Waals surface area (Å²) < 4.78 is 14.2. The molecule has 3 aliphatic carbocycles. The van der Waals surface area contributed by atoms with Gasteiger partial charge in [-0.15, -0.1) is 0 Å². The molecule has 20 rings (SSSR count). The largest absolute Gasteiger partial charge is 0.372 e. The first-order chi connectivity index (χ1) is 63.6. The highest BCUT2D eigenvalue weighted by Crippen LogP contribution is 2.46. The molecular formula is C105H125Cl3FN17O4. The van der Waals surface area contributed by atoms with Crippen molar-refractivity contribution < 1.29 is 23.6 Å². The number of hydrogen-bond acceptors (Lipinski definition) is 13. The summed E-state index contributed by atoms with van der Waals surface area (Å²) in [6, 6.07) is 36.1. The van der Waals surface area contributed by atoms with E-state index in [1.54, 1.807) is 12.4 Å². The minimum absolute atomic E-state index is 0.0629. The van der Waals surface area contributed by atoms with Crippen LogP contribution in [0.1, 0.15) is 276 Å². The van der Waals surface area contributed by atoms with Crippen molar-refractivity contribution in [3.05, 3.63) is 239 Å². The summed E-state index contributed by atoms with van der Waals surface area (Å²) in [5.41, 5.74) is 24.6. The second-order valence-corrected chi connectivity index (χ2v) is 37.7. The summed E-state index contributed by atoms with van der Waals surface area (Å²) in [5, 5.41) is 21.7. The first-order valence-electron chi connectivity index (χ1n) is 48.2. The van der Waals surface area contributed by atoms with E-state index in [1.807, 2.05) is 86.2 Å². The number of piperidine rings is 4. The molecular weight excluding hydrogens is 1690 g/mol. The van der Waals surface area contributed by atoms with Crippen LogP contribution in [0.3, 0.4) is 0 Å². The number of aryl methyl sites for hydroxylation is 4. The number of carbonyl (C=O) groups excluding carboxylic acids is 4. The molecule has 12 aromatic rings. The standard InChI is InChI=1S/C27H32ClN5O.2C26H31ClN4O.C26H31FN4O/c1-2-21-23-14-19(28)7-9-24(23)32-26(21)27(34)30-11-10-18-6-8-20(33-12-4-3-5-13-33)15-22(18)25-16-29-17-31-25;2*1-2-20-22-14-18(27)8-9-24(22)30-25(20)26(32)28-11-10-23-21(17-6-7-17)15-19(16-29-23)31-12-4-3-5-13-31;1-2-19-20-7-6-8-22(27)24(20)30-25(19)26(32)28-12-11-23-21(17-9-10-17)15-18(16-29-23)31-13-4-3-5-14-31/h6-9,14-15,17,25,32H,2-5,10-13,16H2,1H3,(H,29,31)(H,30,34);2*8-9,14-17,30H,2-7,10-13H2,1H3,(H,28,32);6-8,15-17,30H,2-5,9-14H2,1H3,(H,28,32)/t25-;;;/m1.../s1. The summed E-state index contributed by atoms with van der Waals surface area (Å²) in [7, 11) is 0. The maximum absolute atomic E-state index is 14.2. The Morgan fingerprint density at radius 2 is 0.723 bits per heavy atom. The highest BCUT2D eigenvalue weighted by Gasteiger charge is 2.33. The van der Waals surface area contributed by atoms with Crippen molar-refractivity contribution >= 4 is 131 Å². The number of halogens is 4. The number of fused-ring (bicyclic) bond motifs is 4. The van der Waals surface area contributed by atoms with Crippen LogP contribution in [-0.2, 0) is 51.4 Å². The van der Waals surface area contributed by atoms with E-state index in [2.05, 4.69) is 128 Å². The third-order valence-electron chi connectivity index (χ3n) is 27.5. The third-order valence-corrected chi connectivity index (χ3v) is 28.2. The lowest BCUT2D eigenvalue weighted by Crippen LogP contribution is -2.30. The number of hydrogen-bond donors (Lipinski definition) is 9. The minimum Gasteiger partial charge on any atom is -0.372 e. The van der Waals surface area contributed by atoms with Crippen molar-refractivity contribution in [2.24, 2.45) is 4.99 Å². The van der Waals surface area contributed by atoms with E-state index in [0.717, 1.165) is 175 Å². The van der Waals surface area contributed by atoms with Gasteiger partial charge in [-0.3, -0.25) is 39.1 Å². The second-order valence-electron chi connectivity index (χ2n) is 36.4. The number of aromatic amines is 4. The predicted octanol–water partition coefficient (Wildman–Crippen LogP) is 21.4. The highest BCUT2D eigenvalue weighted by atomic mass is 35.5. The predicted molar refractivity (Wildman–Crippen MR) is 528 cm³/mol. The summed E-state index contributed by atoms with van der Waals surface area (Å²) in [6.45, 7) is 20.2. The van der Waals surface area contributed by atoms with Crippen LogP contribution in [0.25, 0.3) is 43.6 Å². The van der Waals surface area contributed by atoms with Crippen LogP contribution in [-0.4, -0.2) is 150 Å². The number of anilines is 4. The molecule has 4 amide bonds. The summed E-state index contributed by atoms with van der Waals surface area (Å²) in [5.74, 6) is 1.18. The molecule has 0 unspecified atom stereocenters. The zero-order valence-electron chi connectivity index (χ0n) is 75.8. The molecule has 682 valence electrons. The molecule has 5 aliphatic heterocycles. The Labute approximate surface area is 777 Å². The smallest absolute Gasteiger partial charge is 0.268 e. The number of benzene rings is 5. The zero-order chi connectivity index (χ0) is 89.7. The SMILES string of the molecule is CCc1c(C(=O)NCCc2ccc(N3CCCCC3)cc2[C@H]2CN=CN2)[nH]c2ccc(Cl)cc12.CCc1c(C(=O)NCCc2ncc(N3CCCCC3)cc2C2CC2)[nH]c2c(F)cccc12.CCc1c(C(=O)NCCc2ncc(N3CCCCC3)cc2C2CC2)[nH]c2ccc(Cl)cc12.CCc1c(C(=O)NCCc2ncc(N3CCCCC3)cc2C2CC2)[nH]c2ccc(Cl)cc12. The number of amides is 4. The Kier molecular flexibility index (Phi) is 29.8. The van der Waals surface area contributed by atoms with Crippen LogP contribution in [0.15, 0.2) is 133 Å². The van der Waals surface area contributed by atoms with Crippen molar-refractivity contribution in [2.75, 3.05) is 105 Å². The zero-order valence-corrected chi connectivity index (χ0v) is 78.1. The molecule has 0 spiro atoms. The van der Waals surface area contributed by atoms with Gasteiger partial charge in [0.15, 0.2) is 0 Å². The molecule has 9 N–H and O–H groups in total. The quantitative estimate of drug-likeness (QED) is 0.0222. The molecule has 8 aliphatic rings. The summed E-state index contributed by atoms with van der Waals surface area (Å²) in [6.07, 6.45) is 36.7. The monoisotopic (exact) mass is 1810 g/mol. The molecule has 7 fully saturated rings. The van der Waals surface area contributed by atoms with Gasteiger partial charge in [0.2, 0.25) is 0 Å². The van der Waals surface area contributed by atoms with Gasteiger partial charge in [-0.05, 0) is 306 Å². The van der Waals surface area contributed by atoms with Crippen molar-refractivity contribution in [3.8, 4) is 0 Å². The van der Waals surface area contributed by atoms with Gasteiger partial charge in [-0.2, -0.15) is 0 Å². The van der Waals surface area contributed by atoms with Crippen LogP contribution < -0.4 is 46.2 Å². The van der Waals surface area contributed by atoms with Crippen LogP contribution in [0.5, 0.6) is 0 Å². The Morgan fingerprint density at radius 1 is 0.385 bits per heavy atom. The lowest BCUT2D eigenvalue weighted by molar-refractivity contribution is 0.0941. The maximum atomic E-state index is 14.2. The lowest BCUT2D eigenvalue weighted by atomic mass is 9.96. The van der Waals surface area contributed by atoms with Crippen molar-refractivity contribution in [1.82, 2.24) is 61.5 Å². The number of nitrogens with zero attached hydrogens (tertiary/aromatic N) is 8. The van der Waals surface area contributed by atoms with Crippen molar-refractivity contribution in [1.29, 1.82) is 0 Å². The number of aliphatic imine (C=N–C) groups is 1. The first-order valence-corrected chi connectivity index (χ1v) is 49.4. The van der Waals surface area contributed by atoms with E-state index in [-0.39, 0.29) is 35.5 Å². The number of carbonyl (C=O) groups is 4. The number of H-pyrrole nitrogens is 4. The molecule has 25 heteroatoms. The molecule has 4 saturated heterocycles. The van der Waals surface area contributed by atoms with Gasteiger partial charge in [-0.25, -0.2) is 4.39 Å². The van der Waals surface area contributed by atoms with Gasteiger partial charge < -0.3 is 66.1 Å². The topological polar surface area (TPSA) is 256 Å². The summed E-state index contributed by atoms with van der Waals surface area (Å²) in [4.78, 5) is 93.5. The van der Waals surface area contributed by atoms with E-state index >= 15 is 0 Å². The van der Waals surface area contributed by atoms with E-state index in [0.29, 0.717) is 100 Å². The van der Waals surface area contributed by atoms with Gasteiger partial charge in [0, 0.05) is 174 Å². The average molecular weight is 1810 g/mol. The fourth-order valence-corrected chi connectivity index (χ4v) is 20.6. The van der Waals surface area contributed by atoms with E-state index < -0.39 is 0 Å². The van der Waals surface area contributed by atoms with Gasteiger partial charge in [0.25, 0.3) is 23.6 Å². The molecule has 12 heterocycles. The minimum atomic E-state index is -0.330. The molecule has 3 saturated carbocycles. The number of aromatic nitrogens is 7. The van der Waals surface area contributed by atoms with Gasteiger partial charge in [0.1, 0.15) is 28.6 Å². The third kappa shape index (κ3) is 21.6. The fraction of sp³-hybridized carbons (Fsp3) is 0.448. The number of rotatable bonds is 28. The molecule has 1 atom stereocenters.